The lowest BCUT2D eigenvalue weighted by atomic mass is 9.93. The van der Waals surface area contributed by atoms with Crippen molar-refractivity contribution in [2.75, 3.05) is 71.2 Å². The van der Waals surface area contributed by atoms with Gasteiger partial charge in [-0.05, 0) is 80.7 Å². The summed E-state index contributed by atoms with van der Waals surface area (Å²) in [7, 11) is -3.68. The van der Waals surface area contributed by atoms with Crippen LogP contribution in [0, 0.1) is 5.41 Å². The van der Waals surface area contributed by atoms with Crippen LogP contribution in [0.25, 0.3) is 0 Å². The SMILES string of the molecule is CSc1ccc(NC(=O)c2ccc(NS(=O)(=O)CCO)cc2N2CCC3(CC2)CC3)cc1N1CCO[C@H](C)C1. The average Bonchev–Trinajstić information content (AvgIpc) is 3.67. The van der Waals surface area contributed by atoms with Crippen LogP contribution in [0.5, 0.6) is 0 Å². The topological polar surface area (TPSA) is 111 Å². The Labute approximate surface area is 235 Å². The van der Waals surface area contributed by atoms with Crippen molar-refractivity contribution in [2.24, 2.45) is 5.41 Å². The van der Waals surface area contributed by atoms with E-state index in [1.807, 2.05) is 24.5 Å². The minimum atomic E-state index is -3.68. The molecule has 2 aliphatic heterocycles. The first-order valence-electron chi connectivity index (χ1n) is 13.6. The molecule has 1 atom stereocenters. The van der Waals surface area contributed by atoms with Crippen LogP contribution in [0.2, 0.25) is 0 Å². The Morgan fingerprint density at radius 3 is 2.44 bits per heavy atom. The number of rotatable bonds is 9. The third-order valence-corrected chi connectivity index (χ3v) is 10.1. The zero-order valence-electron chi connectivity index (χ0n) is 22.6. The molecule has 9 nitrogen and oxygen atoms in total. The molecule has 3 N–H and O–H groups in total. The summed E-state index contributed by atoms with van der Waals surface area (Å²) in [5, 5.41) is 12.2. The Hall–Kier alpha value is -2.47. The lowest BCUT2D eigenvalue weighted by Crippen LogP contribution is -2.41. The molecule has 0 unspecified atom stereocenters. The fourth-order valence-electron chi connectivity index (χ4n) is 5.55. The number of nitrogens with zero attached hydrogens (tertiary/aromatic N) is 2. The van der Waals surface area contributed by atoms with Crippen molar-refractivity contribution in [2.45, 2.75) is 43.6 Å². The molecule has 11 heteroatoms. The summed E-state index contributed by atoms with van der Waals surface area (Å²) in [6, 6.07) is 11.0. The molecule has 2 saturated heterocycles. The van der Waals surface area contributed by atoms with Gasteiger partial charge in [0.25, 0.3) is 5.91 Å². The molecule has 0 radical (unpaired) electrons. The second-order valence-corrected chi connectivity index (χ2v) is 13.5. The number of ether oxygens (including phenoxy) is 1. The van der Waals surface area contributed by atoms with Crippen LogP contribution < -0.4 is 19.8 Å². The van der Waals surface area contributed by atoms with Crippen molar-refractivity contribution in [3.05, 3.63) is 42.0 Å². The molecule has 5 rings (SSSR count). The Balaban J connectivity index is 1.41. The van der Waals surface area contributed by atoms with Crippen molar-refractivity contribution >= 4 is 50.4 Å². The number of hydrogen-bond donors (Lipinski definition) is 3. The monoisotopic (exact) mass is 574 g/mol. The summed E-state index contributed by atoms with van der Waals surface area (Å²) in [4.78, 5) is 19.3. The van der Waals surface area contributed by atoms with Gasteiger partial charge in [0.05, 0.1) is 47.7 Å². The second kappa shape index (κ2) is 11.6. The Morgan fingerprint density at radius 2 is 1.77 bits per heavy atom. The number of anilines is 4. The second-order valence-electron chi connectivity index (χ2n) is 10.8. The van der Waals surface area contributed by atoms with E-state index in [2.05, 4.69) is 26.8 Å². The van der Waals surface area contributed by atoms with E-state index in [-0.39, 0.29) is 17.8 Å². The highest BCUT2D eigenvalue weighted by atomic mass is 32.2. The summed E-state index contributed by atoms with van der Waals surface area (Å²) >= 11 is 1.68. The van der Waals surface area contributed by atoms with Crippen LogP contribution in [0.15, 0.2) is 41.3 Å². The van der Waals surface area contributed by atoms with Gasteiger partial charge >= 0.3 is 0 Å². The minimum Gasteiger partial charge on any atom is -0.395 e. The van der Waals surface area contributed by atoms with E-state index in [0.717, 1.165) is 55.3 Å². The number of hydrogen-bond acceptors (Lipinski definition) is 8. The predicted octanol–water partition coefficient (Wildman–Crippen LogP) is 4.00. The molecule has 212 valence electrons. The number of aliphatic hydroxyl groups excluding tert-OH is 1. The van der Waals surface area contributed by atoms with Crippen LogP contribution in [0.4, 0.5) is 22.7 Å². The van der Waals surface area contributed by atoms with Gasteiger partial charge < -0.3 is 25.0 Å². The molecule has 1 aliphatic carbocycles. The first kappa shape index (κ1) is 28.1. The van der Waals surface area contributed by atoms with E-state index in [1.54, 1.807) is 30.0 Å². The van der Waals surface area contributed by atoms with Crippen molar-refractivity contribution in [3.63, 3.8) is 0 Å². The van der Waals surface area contributed by atoms with Gasteiger partial charge in [0.2, 0.25) is 10.0 Å². The summed E-state index contributed by atoms with van der Waals surface area (Å²) in [6.07, 6.45) is 6.88. The maximum Gasteiger partial charge on any atom is 0.257 e. The number of amides is 1. The molecule has 0 bridgehead atoms. The molecule has 3 fully saturated rings. The molecular formula is C28H38N4O5S2. The zero-order chi connectivity index (χ0) is 27.6. The number of thioether (sulfide) groups is 1. The molecule has 2 aromatic rings. The lowest BCUT2D eigenvalue weighted by molar-refractivity contribution is 0.0530. The standard InChI is InChI=1S/C28H38N4O5S2/c1-20-19-32(13-15-37-20)25-17-21(4-6-26(25)38-2)29-27(34)23-5-3-22(30-39(35,36)16-14-33)18-24(23)31-11-9-28(7-8-28)10-12-31/h3-6,17-18,20,30,33H,7-16,19H2,1-2H3,(H,29,34)/t20-/m1/s1. The van der Waals surface area contributed by atoms with Crippen LogP contribution in [-0.2, 0) is 14.8 Å². The van der Waals surface area contributed by atoms with Crippen molar-refractivity contribution < 1.29 is 23.1 Å². The van der Waals surface area contributed by atoms with Gasteiger partial charge in [-0.15, -0.1) is 11.8 Å². The summed E-state index contributed by atoms with van der Waals surface area (Å²) in [5.41, 5.74) is 3.86. The molecule has 3 aliphatic rings. The third kappa shape index (κ3) is 6.65. The number of nitrogens with one attached hydrogen (secondary N) is 2. The fourth-order valence-corrected chi connectivity index (χ4v) is 6.98. The van der Waals surface area contributed by atoms with Crippen molar-refractivity contribution in [1.82, 2.24) is 0 Å². The van der Waals surface area contributed by atoms with E-state index in [9.17, 15) is 13.2 Å². The van der Waals surface area contributed by atoms with Crippen LogP contribution in [0.1, 0.15) is 43.0 Å². The van der Waals surface area contributed by atoms with Gasteiger partial charge in [-0.25, -0.2) is 8.42 Å². The van der Waals surface area contributed by atoms with E-state index in [1.165, 1.54) is 12.8 Å². The molecule has 1 amide bonds. The van der Waals surface area contributed by atoms with Gasteiger partial charge in [-0.2, -0.15) is 0 Å². The highest BCUT2D eigenvalue weighted by Gasteiger charge is 2.44. The highest BCUT2D eigenvalue weighted by Crippen LogP contribution is 2.54. The number of sulfonamides is 1. The minimum absolute atomic E-state index is 0.141. The van der Waals surface area contributed by atoms with Gasteiger partial charge in [-0.3, -0.25) is 9.52 Å². The molecule has 0 aromatic heterocycles. The van der Waals surface area contributed by atoms with Gasteiger partial charge in [-0.1, -0.05) is 0 Å². The van der Waals surface area contributed by atoms with Crippen molar-refractivity contribution in [3.8, 4) is 0 Å². The Bertz CT molecular complexity index is 1310. The van der Waals surface area contributed by atoms with Gasteiger partial charge in [0.15, 0.2) is 0 Å². The summed E-state index contributed by atoms with van der Waals surface area (Å²) in [5.74, 6) is -0.618. The van der Waals surface area contributed by atoms with E-state index in [4.69, 9.17) is 9.84 Å². The quantitative estimate of drug-likeness (QED) is 0.386. The number of carbonyl (C=O) groups excluding carboxylic acids is 1. The fraction of sp³-hybridized carbons (Fsp3) is 0.536. The maximum absolute atomic E-state index is 13.7. The van der Waals surface area contributed by atoms with Crippen LogP contribution in [0.3, 0.4) is 0 Å². The molecule has 39 heavy (non-hydrogen) atoms. The smallest absolute Gasteiger partial charge is 0.257 e. The molecular weight excluding hydrogens is 536 g/mol. The van der Waals surface area contributed by atoms with Crippen LogP contribution in [-0.4, -0.2) is 76.9 Å². The summed E-state index contributed by atoms with van der Waals surface area (Å²) in [6.45, 7) is 5.52. The number of carbonyl (C=O) groups is 1. The normalized spacial score (nSPS) is 20.6. The van der Waals surface area contributed by atoms with E-state index >= 15 is 0 Å². The Morgan fingerprint density at radius 1 is 1.05 bits per heavy atom. The summed E-state index contributed by atoms with van der Waals surface area (Å²) < 4.78 is 32.9. The number of benzene rings is 2. The maximum atomic E-state index is 13.7. The lowest BCUT2D eigenvalue weighted by Gasteiger charge is -2.35. The van der Waals surface area contributed by atoms with E-state index in [0.29, 0.717) is 29.0 Å². The van der Waals surface area contributed by atoms with E-state index < -0.39 is 16.6 Å². The number of piperidine rings is 1. The predicted molar refractivity (Wildman–Crippen MR) is 158 cm³/mol. The largest absolute Gasteiger partial charge is 0.395 e. The molecule has 2 aromatic carbocycles. The average molecular weight is 575 g/mol. The first-order chi connectivity index (χ1) is 18.7. The van der Waals surface area contributed by atoms with Crippen LogP contribution >= 0.6 is 11.8 Å². The zero-order valence-corrected chi connectivity index (χ0v) is 24.2. The molecule has 2 heterocycles. The molecule has 1 spiro atoms. The Kier molecular flexibility index (Phi) is 8.32. The molecule has 1 saturated carbocycles. The van der Waals surface area contributed by atoms with Crippen molar-refractivity contribution in [1.29, 1.82) is 0 Å². The van der Waals surface area contributed by atoms with Gasteiger partial charge in [0, 0.05) is 36.8 Å². The number of morpholine rings is 1. The number of aliphatic hydroxyl groups is 1. The first-order valence-corrected chi connectivity index (χ1v) is 16.4. The van der Waals surface area contributed by atoms with Gasteiger partial charge in [0.1, 0.15) is 0 Å². The highest BCUT2D eigenvalue weighted by molar-refractivity contribution is 7.98. The third-order valence-electron chi connectivity index (χ3n) is 8.02.